The van der Waals surface area contributed by atoms with Crippen molar-refractivity contribution in [1.82, 2.24) is 0 Å². The van der Waals surface area contributed by atoms with E-state index in [0.717, 1.165) is 12.8 Å². The Kier molecular flexibility index (Phi) is 2.77. The van der Waals surface area contributed by atoms with Crippen LogP contribution < -0.4 is 5.73 Å². The van der Waals surface area contributed by atoms with Crippen LogP contribution >= 0.6 is 0 Å². The van der Waals surface area contributed by atoms with E-state index in [-0.39, 0.29) is 12.0 Å². The van der Waals surface area contributed by atoms with Crippen LogP contribution in [0.15, 0.2) is 0 Å². The topological polar surface area (TPSA) is 60.2 Å². The lowest BCUT2D eigenvalue weighted by Gasteiger charge is -2.37. The normalized spacial score (nSPS) is 21.5. The molecule has 0 unspecified atom stereocenters. The molecular formula is C11H23NO2S. The summed E-state index contributed by atoms with van der Waals surface area (Å²) in [6.07, 6.45) is 1.56. The van der Waals surface area contributed by atoms with Crippen LogP contribution in [0.2, 0.25) is 0 Å². The molecule has 1 rings (SSSR count). The summed E-state index contributed by atoms with van der Waals surface area (Å²) in [6, 6.07) is 0. The number of sulfone groups is 1. The first-order valence-electron chi connectivity index (χ1n) is 5.46. The average Bonchev–Trinajstić information content (AvgIpc) is 2.81. The Balaban J connectivity index is 3.20. The predicted octanol–water partition coefficient (Wildman–Crippen LogP) is 1.72. The van der Waals surface area contributed by atoms with Gasteiger partial charge in [0.05, 0.1) is 9.49 Å². The fourth-order valence-corrected chi connectivity index (χ4v) is 4.90. The zero-order valence-electron chi connectivity index (χ0n) is 10.4. The van der Waals surface area contributed by atoms with E-state index in [1.165, 1.54) is 0 Å². The molecule has 0 aliphatic heterocycles. The van der Waals surface area contributed by atoms with Crippen molar-refractivity contribution in [3.63, 3.8) is 0 Å². The fourth-order valence-electron chi connectivity index (χ4n) is 2.17. The Hall–Kier alpha value is -0.0900. The van der Waals surface area contributed by atoms with Crippen LogP contribution in [0.1, 0.15) is 47.5 Å². The number of hydrogen-bond acceptors (Lipinski definition) is 3. The van der Waals surface area contributed by atoms with Gasteiger partial charge < -0.3 is 5.73 Å². The first-order valence-corrected chi connectivity index (χ1v) is 6.94. The predicted molar refractivity (Wildman–Crippen MR) is 63.5 cm³/mol. The highest BCUT2D eigenvalue weighted by Gasteiger charge is 2.64. The average molecular weight is 233 g/mol. The van der Waals surface area contributed by atoms with Gasteiger partial charge in [0.15, 0.2) is 9.84 Å². The molecule has 0 bridgehead atoms. The molecule has 3 nitrogen and oxygen atoms in total. The van der Waals surface area contributed by atoms with Gasteiger partial charge in [0, 0.05) is 6.54 Å². The summed E-state index contributed by atoms with van der Waals surface area (Å²) in [5.41, 5.74) is 5.38. The minimum absolute atomic E-state index is 0.188. The van der Waals surface area contributed by atoms with Gasteiger partial charge in [0.2, 0.25) is 0 Å². The van der Waals surface area contributed by atoms with E-state index in [9.17, 15) is 8.42 Å². The zero-order valence-corrected chi connectivity index (χ0v) is 11.2. The quantitative estimate of drug-likeness (QED) is 0.807. The molecule has 0 aromatic carbocycles. The molecule has 90 valence electrons. The lowest BCUT2D eigenvalue weighted by Crippen LogP contribution is -2.51. The molecule has 15 heavy (non-hydrogen) atoms. The molecule has 1 saturated carbocycles. The summed E-state index contributed by atoms with van der Waals surface area (Å²) in [4.78, 5) is 0. The van der Waals surface area contributed by atoms with E-state index in [0.29, 0.717) is 0 Å². The molecule has 2 N–H and O–H groups in total. The minimum atomic E-state index is -3.16. The van der Waals surface area contributed by atoms with Crippen molar-refractivity contribution >= 4 is 9.84 Å². The SMILES string of the molecule is CC(C)(C)C1(S(=O)(=O)C(C)(C)CN)CC1. The zero-order chi connectivity index (χ0) is 12.1. The molecule has 0 heterocycles. The Morgan fingerprint density at radius 1 is 1.13 bits per heavy atom. The van der Waals surface area contributed by atoms with Crippen molar-refractivity contribution in [2.75, 3.05) is 6.54 Å². The van der Waals surface area contributed by atoms with Crippen LogP contribution in [0.4, 0.5) is 0 Å². The third-order valence-electron chi connectivity index (χ3n) is 3.80. The summed E-state index contributed by atoms with van der Waals surface area (Å²) < 4.78 is 23.7. The smallest absolute Gasteiger partial charge is 0.162 e. The first-order chi connectivity index (χ1) is 6.52. The van der Waals surface area contributed by atoms with Crippen LogP contribution in [-0.2, 0) is 9.84 Å². The molecule has 0 saturated heterocycles. The third kappa shape index (κ3) is 1.62. The summed E-state index contributed by atoms with van der Waals surface area (Å²) in [5.74, 6) is 0. The van der Waals surface area contributed by atoms with Crippen LogP contribution in [0.25, 0.3) is 0 Å². The van der Waals surface area contributed by atoms with E-state index in [2.05, 4.69) is 0 Å². The molecule has 1 fully saturated rings. The maximum absolute atomic E-state index is 12.5. The summed E-state index contributed by atoms with van der Waals surface area (Å²) in [6.45, 7) is 9.66. The molecule has 4 heteroatoms. The van der Waals surface area contributed by atoms with Gasteiger partial charge in [0.1, 0.15) is 0 Å². The van der Waals surface area contributed by atoms with Crippen molar-refractivity contribution < 1.29 is 8.42 Å². The second-order valence-electron chi connectivity index (χ2n) is 6.21. The van der Waals surface area contributed by atoms with E-state index >= 15 is 0 Å². The monoisotopic (exact) mass is 233 g/mol. The molecule has 0 aromatic heterocycles. The van der Waals surface area contributed by atoms with Gasteiger partial charge in [-0.1, -0.05) is 20.8 Å². The van der Waals surface area contributed by atoms with Crippen LogP contribution in [-0.4, -0.2) is 24.5 Å². The van der Waals surface area contributed by atoms with Crippen molar-refractivity contribution in [3.8, 4) is 0 Å². The Morgan fingerprint density at radius 2 is 1.53 bits per heavy atom. The summed E-state index contributed by atoms with van der Waals surface area (Å²) >= 11 is 0. The van der Waals surface area contributed by atoms with Crippen LogP contribution in [0.3, 0.4) is 0 Å². The van der Waals surface area contributed by atoms with Gasteiger partial charge >= 0.3 is 0 Å². The Morgan fingerprint density at radius 3 is 1.73 bits per heavy atom. The van der Waals surface area contributed by atoms with Crippen molar-refractivity contribution in [1.29, 1.82) is 0 Å². The maximum Gasteiger partial charge on any atom is 0.162 e. The number of hydrogen-bond donors (Lipinski definition) is 1. The van der Waals surface area contributed by atoms with Gasteiger partial charge in [-0.25, -0.2) is 8.42 Å². The molecule has 0 radical (unpaired) electrons. The van der Waals surface area contributed by atoms with E-state index in [4.69, 9.17) is 5.73 Å². The molecular weight excluding hydrogens is 210 g/mol. The Bertz CT molecular complexity index is 345. The van der Waals surface area contributed by atoms with Gasteiger partial charge in [-0.2, -0.15) is 0 Å². The standard InChI is InChI=1S/C11H23NO2S/c1-9(2,3)11(6-7-11)15(13,14)10(4,5)8-12/h6-8,12H2,1-5H3. The Labute approximate surface area is 93.3 Å². The molecule has 0 atom stereocenters. The highest BCUT2D eigenvalue weighted by atomic mass is 32.2. The van der Waals surface area contributed by atoms with Crippen molar-refractivity contribution in [2.24, 2.45) is 11.1 Å². The lowest BCUT2D eigenvalue weighted by atomic mass is 9.89. The van der Waals surface area contributed by atoms with Crippen molar-refractivity contribution in [3.05, 3.63) is 0 Å². The van der Waals surface area contributed by atoms with Crippen LogP contribution in [0.5, 0.6) is 0 Å². The maximum atomic E-state index is 12.5. The molecule has 0 aromatic rings. The second kappa shape index (κ2) is 3.20. The van der Waals surface area contributed by atoms with Crippen molar-refractivity contribution in [2.45, 2.75) is 57.0 Å². The minimum Gasteiger partial charge on any atom is -0.329 e. The van der Waals surface area contributed by atoms with E-state index in [1.807, 2.05) is 20.8 Å². The second-order valence-corrected chi connectivity index (χ2v) is 9.11. The largest absolute Gasteiger partial charge is 0.329 e. The van der Waals surface area contributed by atoms with E-state index in [1.54, 1.807) is 13.8 Å². The number of rotatable bonds is 3. The van der Waals surface area contributed by atoms with Gasteiger partial charge in [-0.15, -0.1) is 0 Å². The number of nitrogens with two attached hydrogens (primary N) is 1. The molecule has 1 aliphatic carbocycles. The summed E-state index contributed by atoms with van der Waals surface area (Å²) in [5, 5.41) is 0. The molecule has 0 amide bonds. The highest BCUT2D eigenvalue weighted by Crippen LogP contribution is 2.58. The third-order valence-corrected chi connectivity index (χ3v) is 7.48. The molecule has 0 spiro atoms. The van der Waals surface area contributed by atoms with Gasteiger partial charge in [-0.3, -0.25) is 0 Å². The lowest BCUT2D eigenvalue weighted by molar-refractivity contribution is 0.355. The fraction of sp³-hybridized carbons (Fsp3) is 1.00. The van der Waals surface area contributed by atoms with E-state index < -0.39 is 19.3 Å². The van der Waals surface area contributed by atoms with Crippen LogP contribution in [0, 0.1) is 5.41 Å². The highest BCUT2D eigenvalue weighted by molar-refractivity contribution is 7.94. The van der Waals surface area contributed by atoms with Gasteiger partial charge in [-0.05, 0) is 32.1 Å². The first kappa shape index (κ1) is 13.0. The molecule has 1 aliphatic rings. The van der Waals surface area contributed by atoms with Gasteiger partial charge in [0.25, 0.3) is 0 Å². The summed E-state index contributed by atoms with van der Waals surface area (Å²) in [7, 11) is -3.16.